The molecule has 10 heteroatoms. The van der Waals surface area contributed by atoms with Crippen molar-refractivity contribution in [2.24, 2.45) is 5.41 Å². The van der Waals surface area contributed by atoms with Gasteiger partial charge in [-0.15, -0.1) is 0 Å². The van der Waals surface area contributed by atoms with Crippen LogP contribution in [0.3, 0.4) is 0 Å². The van der Waals surface area contributed by atoms with E-state index in [0.29, 0.717) is 75.1 Å². The zero-order valence-corrected chi connectivity index (χ0v) is 20.9. The number of aliphatic hydroxyl groups is 1. The number of anilines is 1. The Morgan fingerprint density at radius 1 is 1.23 bits per heavy atom. The van der Waals surface area contributed by atoms with Crippen LogP contribution in [0.5, 0.6) is 0 Å². The van der Waals surface area contributed by atoms with Crippen LogP contribution < -0.4 is 4.90 Å². The number of nitrogens with zero attached hydrogens (tertiary/aromatic N) is 5. The van der Waals surface area contributed by atoms with E-state index in [0.717, 1.165) is 5.69 Å². The van der Waals surface area contributed by atoms with Gasteiger partial charge in [-0.2, -0.15) is 0 Å². The van der Waals surface area contributed by atoms with E-state index in [1.54, 1.807) is 18.0 Å². The number of pyridine rings is 1. The Balaban J connectivity index is 1.63. The molecular formula is C25H34FN5O4. The quantitative estimate of drug-likeness (QED) is 0.687. The van der Waals surface area contributed by atoms with Gasteiger partial charge in [-0.25, -0.2) is 19.2 Å². The molecule has 4 rings (SSSR count). The SMILES string of the molecule is Cc1ncc(-c2cc(C[C@@]3(CO)CCN(C(=O)OC(C)(C)C)C3)nc(N3CCOCC3)n2)cc1F. The number of carbonyl (C=O) groups is 1. The fourth-order valence-corrected chi connectivity index (χ4v) is 4.40. The van der Waals surface area contributed by atoms with Crippen molar-refractivity contribution < 1.29 is 23.8 Å². The standard InChI is InChI=1S/C25H34FN5O4/c1-17-20(26)11-18(14-27-17)21-12-19(28-22(29-21)30-7-9-34-10-8-30)13-25(16-32)5-6-31(15-25)23(33)35-24(2,3)4/h11-12,14,32H,5-10,13,15-16H2,1-4H3/t25-/m0/s1. The molecule has 1 N–H and O–H groups in total. The Bertz CT molecular complexity index is 1070. The highest BCUT2D eigenvalue weighted by molar-refractivity contribution is 5.68. The fraction of sp³-hybridized carbons (Fsp3) is 0.600. The second-order valence-corrected chi connectivity index (χ2v) is 10.4. The molecular weight excluding hydrogens is 453 g/mol. The zero-order chi connectivity index (χ0) is 25.2. The second-order valence-electron chi connectivity index (χ2n) is 10.4. The number of halogens is 1. The Kier molecular flexibility index (Phi) is 7.23. The molecule has 9 nitrogen and oxygen atoms in total. The minimum Gasteiger partial charge on any atom is -0.444 e. The molecule has 0 spiro atoms. The number of aryl methyl sites for hydroxylation is 1. The highest BCUT2D eigenvalue weighted by Crippen LogP contribution is 2.35. The van der Waals surface area contributed by atoms with E-state index in [4.69, 9.17) is 19.4 Å². The molecule has 4 heterocycles. The van der Waals surface area contributed by atoms with Crippen molar-refractivity contribution in [2.45, 2.75) is 46.1 Å². The number of rotatable bonds is 5. The van der Waals surface area contributed by atoms with Gasteiger partial charge < -0.3 is 24.4 Å². The molecule has 2 aliphatic heterocycles. The Hall–Kier alpha value is -2.85. The van der Waals surface area contributed by atoms with Gasteiger partial charge in [0.05, 0.1) is 31.2 Å². The number of aliphatic hydroxyl groups excluding tert-OH is 1. The molecule has 190 valence electrons. The predicted octanol–water partition coefficient (Wildman–Crippen LogP) is 2.98. The second kappa shape index (κ2) is 10.0. The number of hydrogen-bond acceptors (Lipinski definition) is 8. The lowest BCUT2D eigenvalue weighted by Gasteiger charge is -2.30. The van der Waals surface area contributed by atoms with Crippen LogP contribution >= 0.6 is 0 Å². The fourth-order valence-electron chi connectivity index (χ4n) is 4.40. The van der Waals surface area contributed by atoms with Crippen molar-refractivity contribution in [3.05, 3.63) is 35.5 Å². The first-order valence-corrected chi connectivity index (χ1v) is 12.0. The van der Waals surface area contributed by atoms with Crippen LogP contribution in [0.4, 0.5) is 15.1 Å². The maximum atomic E-state index is 14.3. The maximum absolute atomic E-state index is 14.3. The van der Waals surface area contributed by atoms with E-state index < -0.39 is 16.8 Å². The van der Waals surface area contributed by atoms with Crippen molar-refractivity contribution in [1.82, 2.24) is 19.9 Å². The van der Waals surface area contributed by atoms with Gasteiger partial charge in [0, 0.05) is 49.0 Å². The molecule has 2 fully saturated rings. The van der Waals surface area contributed by atoms with Gasteiger partial charge in [0.25, 0.3) is 0 Å². The van der Waals surface area contributed by atoms with Gasteiger partial charge in [0.1, 0.15) is 11.4 Å². The van der Waals surface area contributed by atoms with Gasteiger partial charge in [-0.3, -0.25) is 4.98 Å². The number of hydrogen-bond donors (Lipinski definition) is 1. The Labute approximate surface area is 205 Å². The van der Waals surface area contributed by atoms with E-state index >= 15 is 0 Å². The third-order valence-electron chi connectivity index (χ3n) is 6.36. The molecule has 0 bridgehead atoms. The monoisotopic (exact) mass is 487 g/mol. The normalized spacial score (nSPS) is 20.9. The highest BCUT2D eigenvalue weighted by atomic mass is 19.1. The summed E-state index contributed by atoms with van der Waals surface area (Å²) in [6.07, 6.45) is 2.29. The van der Waals surface area contributed by atoms with Crippen molar-refractivity contribution in [2.75, 3.05) is 50.9 Å². The number of likely N-dealkylation sites (tertiary alicyclic amines) is 1. The lowest BCUT2D eigenvalue weighted by molar-refractivity contribution is 0.0253. The van der Waals surface area contributed by atoms with E-state index in [2.05, 4.69) is 4.98 Å². The summed E-state index contributed by atoms with van der Waals surface area (Å²) in [7, 11) is 0. The lowest BCUT2D eigenvalue weighted by Crippen LogP contribution is -2.39. The van der Waals surface area contributed by atoms with Crippen molar-refractivity contribution in [1.29, 1.82) is 0 Å². The molecule has 1 amide bonds. The van der Waals surface area contributed by atoms with E-state index in [-0.39, 0.29) is 12.7 Å². The topological polar surface area (TPSA) is 101 Å². The molecule has 2 saturated heterocycles. The van der Waals surface area contributed by atoms with Crippen LogP contribution in [0.2, 0.25) is 0 Å². The van der Waals surface area contributed by atoms with Crippen LogP contribution in [-0.2, 0) is 15.9 Å². The first kappa shape index (κ1) is 25.2. The molecule has 2 aromatic rings. The number of ether oxygens (including phenoxy) is 2. The molecule has 0 saturated carbocycles. The molecule has 2 aliphatic rings. The molecule has 0 unspecified atom stereocenters. The molecule has 0 radical (unpaired) electrons. The summed E-state index contributed by atoms with van der Waals surface area (Å²) in [5.41, 5.74) is 1.03. The van der Waals surface area contributed by atoms with Crippen LogP contribution in [0.1, 0.15) is 38.6 Å². The third-order valence-corrected chi connectivity index (χ3v) is 6.36. The van der Waals surface area contributed by atoms with E-state index in [1.165, 1.54) is 6.07 Å². The largest absolute Gasteiger partial charge is 0.444 e. The summed E-state index contributed by atoms with van der Waals surface area (Å²) >= 11 is 0. The Morgan fingerprint density at radius 3 is 2.63 bits per heavy atom. The summed E-state index contributed by atoms with van der Waals surface area (Å²) in [4.78, 5) is 30.0. The number of aromatic nitrogens is 3. The van der Waals surface area contributed by atoms with E-state index in [1.807, 2.05) is 31.7 Å². The smallest absolute Gasteiger partial charge is 0.410 e. The van der Waals surface area contributed by atoms with Gasteiger partial charge in [-0.1, -0.05) is 0 Å². The average Bonchev–Trinajstić information content (AvgIpc) is 3.25. The van der Waals surface area contributed by atoms with Gasteiger partial charge >= 0.3 is 6.09 Å². The number of carbonyl (C=O) groups excluding carboxylic acids is 1. The lowest BCUT2D eigenvalue weighted by atomic mass is 9.83. The van der Waals surface area contributed by atoms with Crippen molar-refractivity contribution >= 4 is 12.0 Å². The van der Waals surface area contributed by atoms with Crippen molar-refractivity contribution in [3.63, 3.8) is 0 Å². The molecule has 0 aromatic carbocycles. The summed E-state index contributed by atoms with van der Waals surface area (Å²) in [6.45, 7) is 10.3. The summed E-state index contributed by atoms with van der Waals surface area (Å²) in [6, 6.07) is 3.25. The Morgan fingerprint density at radius 2 is 1.97 bits per heavy atom. The number of amides is 1. The third kappa shape index (κ3) is 6.05. The highest BCUT2D eigenvalue weighted by Gasteiger charge is 2.41. The van der Waals surface area contributed by atoms with Crippen molar-refractivity contribution in [3.8, 4) is 11.3 Å². The van der Waals surface area contributed by atoms with Crippen LogP contribution in [0.15, 0.2) is 18.3 Å². The summed E-state index contributed by atoms with van der Waals surface area (Å²) in [5, 5.41) is 10.4. The van der Waals surface area contributed by atoms with Gasteiger partial charge in [0.2, 0.25) is 5.95 Å². The maximum Gasteiger partial charge on any atom is 0.410 e. The van der Waals surface area contributed by atoms with Gasteiger partial charge in [-0.05, 0) is 52.7 Å². The summed E-state index contributed by atoms with van der Waals surface area (Å²) < 4.78 is 25.3. The van der Waals surface area contributed by atoms with Crippen LogP contribution in [0, 0.1) is 18.2 Å². The molecule has 1 atom stereocenters. The minimum atomic E-state index is -0.590. The average molecular weight is 488 g/mol. The summed E-state index contributed by atoms with van der Waals surface area (Å²) in [5.74, 6) is 0.142. The minimum absolute atomic E-state index is 0.0980. The zero-order valence-electron chi connectivity index (χ0n) is 20.9. The molecule has 35 heavy (non-hydrogen) atoms. The first-order valence-electron chi connectivity index (χ1n) is 12.0. The molecule has 2 aromatic heterocycles. The molecule has 0 aliphatic carbocycles. The van der Waals surface area contributed by atoms with E-state index in [9.17, 15) is 14.3 Å². The predicted molar refractivity (Wildman–Crippen MR) is 129 cm³/mol. The number of morpholine rings is 1. The van der Waals surface area contributed by atoms with Crippen LogP contribution in [-0.4, -0.2) is 82.7 Å². The first-order chi connectivity index (χ1) is 16.6. The van der Waals surface area contributed by atoms with Gasteiger partial charge in [0.15, 0.2) is 0 Å². The van der Waals surface area contributed by atoms with Crippen LogP contribution in [0.25, 0.3) is 11.3 Å².